The average Bonchev–Trinajstić information content (AvgIpc) is 2.41. The van der Waals surface area contributed by atoms with Crippen molar-refractivity contribution in [3.63, 3.8) is 0 Å². The van der Waals surface area contributed by atoms with Crippen LogP contribution in [0.5, 0.6) is 5.88 Å². The van der Waals surface area contributed by atoms with Crippen molar-refractivity contribution in [3.05, 3.63) is 23.6 Å². The van der Waals surface area contributed by atoms with Crippen LogP contribution in [0.25, 0.3) is 0 Å². The molecular formula is C14H20FNO2. The van der Waals surface area contributed by atoms with Gasteiger partial charge in [-0.05, 0) is 31.2 Å². The minimum atomic E-state index is -0.443. The van der Waals surface area contributed by atoms with E-state index in [1.165, 1.54) is 25.3 Å². The summed E-state index contributed by atoms with van der Waals surface area (Å²) >= 11 is 0. The summed E-state index contributed by atoms with van der Waals surface area (Å²) in [5.74, 6) is 0.643. The highest BCUT2D eigenvalue weighted by atomic mass is 19.1. The molecule has 2 atom stereocenters. The number of aliphatic hydroxyl groups excluding tert-OH is 1. The molecule has 0 saturated heterocycles. The third kappa shape index (κ3) is 3.19. The van der Waals surface area contributed by atoms with Crippen molar-refractivity contribution in [3.8, 4) is 5.88 Å². The standard InChI is InChI=1S/C14H20FNO2/c1-2-10-4-3-5-13(6-10)18-14-11(9-17)7-12(15)8-16-14/h7-8,10,13,17H,2-6,9H2,1H3. The van der Waals surface area contributed by atoms with Gasteiger partial charge in [-0.25, -0.2) is 9.37 Å². The van der Waals surface area contributed by atoms with Crippen LogP contribution in [-0.4, -0.2) is 16.2 Å². The quantitative estimate of drug-likeness (QED) is 0.896. The zero-order chi connectivity index (χ0) is 13.0. The summed E-state index contributed by atoms with van der Waals surface area (Å²) in [6.07, 6.45) is 6.92. The van der Waals surface area contributed by atoms with E-state index in [0.717, 1.165) is 19.0 Å². The fraction of sp³-hybridized carbons (Fsp3) is 0.643. The Labute approximate surface area is 107 Å². The number of aliphatic hydroxyl groups is 1. The van der Waals surface area contributed by atoms with Crippen LogP contribution in [0.4, 0.5) is 4.39 Å². The highest BCUT2D eigenvalue weighted by Gasteiger charge is 2.23. The first-order chi connectivity index (χ1) is 8.72. The molecule has 1 aliphatic carbocycles. The molecule has 0 bridgehead atoms. The Hall–Kier alpha value is -1.16. The van der Waals surface area contributed by atoms with Gasteiger partial charge in [0, 0.05) is 5.56 Å². The lowest BCUT2D eigenvalue weighted by Crippen LogP contribution is -2.26. The normalized spacial score (nSPS) is 23.9. The van der Waals surface area contributed by atoms with Gasteiger partial charge in [-0.2, -0.15) is 0 Å². The maximum absolute atomic E-state index is 13.0. The predicted octanol–water partition coefficient (Wildman–Crippen LogP) is 3.06. The van der Waals surface area contributed by atoms with Gasteiger partial charge in [0.05, 0.1) is 12.8 Å². The van der Waals surface area contributed by atoms with Crippen LogP contribution in [0, 0.1) is 11.7 Å². The van der Waals surface area contributed by atoms with Gasteiger partial charge < -0.3 is 9.84 Å². The summed E-state index contributed by atoms with van der Waals surface area (Å²) in [5.41, 5.74) is 0.425. The molecule has 0 amide bonds. The van der Waals surface area contributed by atoms with E-state index in [-0.39, 0.29) is 12.7 Å². The minimum absolute atomic E-state index is 0.145. The van der Waals surface area contributed by atoms with E-state index in [1.54, 1.807) is 0 Å². The summed E-state index contributed by atoms with van der Waals surface area (Å²) < 4.78 is 18.8. The number of hydrogen-bond acceptors (Lipinski definition) is 3. The van der Waals surface area contributed by atoms with E-state index in [4.69, 9.17) is 4.74 Å². The van der Waals surface area contributed by atoms with Crippen molar-refractivity contribution in [2.24, 2.45) is 5.92 Å². The van der Waals surface area contributed by atoms with Crippen LogP contribution in [0.15, 0.2) is 12.3 Å². The summed E-state index contributed by atoms with van der Waals surface area (Å²) in [4.78, 5) is 3.94. The molecule has 1 fully saturated rings. The van der Waals surface area contributed by atoms with Gasteiger partial charge in [-0.1, -0.05) is 19.8 Å². The SMILES string of the molecule is CCC1CCCC(Oc2ncc(F)cc2CO)C1. The monoisotopic (exact) mass is 253 g/mol. The second kappa shape index (κ2) is 6.14. The van der Waals surface area contributed by atoms with Gasteiger partial charge in [0.1, 0.15) is 11.9 Å². The van der Waals surface area contributed by atoms with E-state index >= 15 is 0 Å². The lowest BCUT2D eigenvalue weighted by Gasteiger charge is -2.29. The van der Waals surface area contributed by atoms with Crippen molar-refractivity contribution in [1.29, 1.82) is 0 Å². The second-order valence-electron chi connectivity index (χ2n) is 4.96. The summed E-state index contributed by atoms with van der Waals surface area (Å²) in [5, 5.41) is 9.18. The molecular weight excluding hydrogens is 233 g/mol. The van der Waals surface area contributed by atoms with Crippen LogP contribution in [0.2, 0.25) is 0 Å². The summed E-state index contributed by atoms with van der Waals surface area (Å²) in [7, 11) is 0. The molecule has 0 aliphatic heterocycles. The maximum atomic E-state index is 13.0. The fourth-order valence-electron chi connectivity index (χ4n) is 2.57. The maximum Gasteiger partial charge on any atom is 0.219 e. The molecule has 2 rings (SSSR count). The van der Waals surface area contributed by atoms with Crippen molar-refractivity contribution >= 4 is 0 Å². The molecule has 100 valence electrons. The first-order valence-corrected chi connectivity index (χ1v) is 6.64. The lowest BCUT2D eigenvalue weighted by molar-refractivity contribution is 0.113. The number of pyridine rings is 1. The number of halogens is 1. The molecule has 18 heavy (non-hydrogen) atoms. The van der Waals surface area contributed by atoms with E-state index in [0.29, 0.717) is 17.4 Å². The summed E-state index contributed by atoms with van der Waals surface area (Å²) in [6, 6.07) is 1.28. The van der Waals surface area contributed by atoms with E-state index < -0.39 is 5.82 Å². The highest BCUT2D eigenvalue weighted by molar-refractivity contribution is 5.25. The molecule has 0 spiro atoms. The van der Waals surface area contributed by atoms with Crippen LogP contribution in [0.1, 0.15) is 44.6 Å². The van der Waals surface area contributed by atoms with Gasteiger partial charge in [-0.15, -0.1) is 0 Å². The summed E-state index contributed by atoms with van der Waals surface area (Å²) in [6.45, 7) is 1.95. The molecule has 0 aromatic carbocycles. The molecule has 1 aromatic heterocycles. The lowest BCUT2D eigenvalue weighted by atomic mass is 9.85. The van der Waals surface area contributed by atoms with Gasteiger partial charge in [0.2, 0.25) is 5.88 Å². The second-order valence-corrected chi connectivity index (χ2v) is 4.96. The van der Waals surface area contributed by atoms with Crippen molar-refractivity contribution < 1.29 is 14.2 Å². The van der Waals surface area contributed by atoms with Gasteiger partial charge in [-0.3, -0.25) is 0 Å². The van der Waals surface area contributed by atoms with Crippen molar-refractivity contribution in [1.82, 2.24) is 4.98 Å². The number of aromatic nitrogens is 1. The van der Waals surface area contributed by atoms with E-state index in [2.05, 4.69) is 11.9 Å². The Balaban J connectivity index is 2.04. The number of hydrogen-bond donors (Lipinski definition) is 1. The van der Waals surface area contributed by atoms with E-state index in [1.807, 2.05) is 0 Å². The number of nitrogens with zero attached hydrogens (tertiary/aromatic N) is 1. The molecule has 1 aliphatic rings. The van der Waals surface area contributed by atoms with Crippen molar-refractivity contribution in [2.75, 3.05) is 0 Å². The number of ether oxygens (including phenoxy) is 1. The molecule has 3 nitrogen and oxygen atoms in total. The zero-order valence-corrected chi connectivity index (χ0v) is 10.7. The van der Waals surface area contributed by atoms with Crippen molar-refractivity contribution in [2.45, 2.75) is 51.7 Å². The Kier molecular flexibility index (Phi) is 4.53. The molecule has 4 heteroatoms. The third-order valence-corrected chi connectivity index (χ3v) is 3.65. The Bertz CT molecular complexity index is 397. The average molecular weight is 253 g/mol. The number of rotatable bonds is 4. The molecule has 1 N–H and O–H groups in total. The third-order valence-electron chi connectivity index (χ3n) is 3.65. The fourth-order valence-corrected chi connectivity index (χ4v) is 2.57. The molecule has 1 aromatic rings. The first kappa shape index (κ1) is 13.3. The zero-order valence-electron chi connectivity index (χ0n) is 10.7. The van der Waals surface area contributed by atoms with Crippen LogP contribution < -0.4 is 4.74 Å². The van der Waals surface area contributed by atoms with Gasteiger partial charge in [0.15, 0.2) is 0 Å². The highest BCUT2D eigenvalue weighted by Crippen LogP contribution is 2.30. The van der Waals surface area contributed by atoms with Gasteiger partial charge >= 0.3 is 0 Å². The van der Waals surface area contributed by atoms with E-state index in [9.17, 15) is 9.50 Å². The largest absolute Gasteiger partial charge is 0.474 e. The predicted molar refractivity (Wildman–Crippen MR) is 66.8 cm³/mol. The van der Waals surface area contributed by atoms with Crippen LogP contribution in [0.3, 0.4) is 0 Å². The van der Waals surface area contributed by atoms with Crippen LogP contribution in [-0.2, 0) is 6.61 Å². The molecule has 1 heterocycles. The molecule has 2 unspecified atom stereocenters. The van der Waals surface area contributed by atoms with Crippen LogP contribution >= 0.6 is 0 Å². The first-order valence-electron chi connectivity index (χ1n) is 6.64. The Morgan fingerprint density at radius 1 is 1.50 bits per heavy atom. The van der Waals surface area contributed by atoms with Gasteiger partial charge in [0.25, 0.3) is 0 Å². The molecule has 1 saturated carbocycles. The smallest absolute Gasteiger partial charge is 0.219 e. The minimum Gasteiger partial charge on any atom is -0.474 e. The Morgan fingerprint density at radius 2 is 2.33 bits per heavy atom. The Morgan fingerprint density at radius 3 is 3.06 bits per heavy atom. The topological polar surface area (TPSA) is 42.4 Å². The molecule has 0 radical (unpaired) electrons.